The van der Waals surface area contributed by atoms with Crippen LogP contribution in [0.5, 0.6) is 28.9 Å². The SMILES string of the molecule is CCCCCCC(Oc1ccc(C)cc1C)C(=O)Nc1ccc(COc2ccc(OC)cc2)c(CC(C)c2nc3c(-n4cccn4)c(OCCOc4ccccc4)nn3[nH]2)c1. The van der Waals surface area contributed by atoms with Crippen LogP contribution < -0.4 is 29.0 Å². The normalized spacial score (nSPS) is 12.2. The number of fused-ring (bicyclic) bond motifs is 1. The van der Waals surface area contributed by atoms with Crippen molar-refractivity contribution in [2.24, 2.45) is 0 Å². The number of carbonyl (C=O) groups excluding carboxylic acids is 1. The summed E-state index contributed by atoms with van der Waals surface area (Å²) in [5.41, 5.74) is 5.99. The van der Waals surface area contributed by atoms with Crippen molar-refractivity contribution in [1.82, 2.24) is 29.6 Å². The summed E-state index contributed by atoms with van der Waals surface area (Å²) in [6, 6.07) is 31.0. The van der Waals surface area contributed by atoms with Crippen molar-refractivity contribution in [2.45, 2.75) is 84.8 Å². The molecule has 0 fully saturated rings. The molecule has 0 bridgehead atoms. The average molecular weight is 826 g/mol. The number of anilines is 1. The molecule has 0 radical (unpaired) electrons. The molecule has 0 saturated carbocycles. The number of methoxy groups -OCH3 is 1. The molecule has 0 saturated heterocycles. The van der Waals surface area contributed by atoms with Crippen LogP contribution in [-0.4, -0.2) is 61.9 Å². The van der Waals surface area contributed by atoms with E-state index in [-0.39, 0.29) is 18.4 Å². The summed E-state index contributed by atoms with van der Waals surface area (Å²) in [4.78, 5) is 19.0. The third-order valence-electron chi connectivity index (χ3n) is 10.5. The van der Waals surface area contributed by atoms with Gasteiger partial charge in [0.1, 0.15) is 48.6 Å². The smallest absolute Gasteiger partial charge is 0.265 e. The Morgan fingerprint density at radius 3 is 2.38 bits per heavy atom. The number of aromatic amines is 1. The second-order valence-corrected chi connectivity index (χ2v) is 15.2. The van der Waals surface area contributed by atoms with E-state index in [0.29, 0.717) is 49.0 Å². The maximum Gasteiger partial charge on any atom is 0.265 e. The monoisotopic (exact) mass is 825 g/mol. The molecule has 61 heavy (non-hydrogen) atoms. The lowest BCUT2D eigenvalue weighted by atomic mass is 9.96. The summed E-state index contributed by atoms with van der Waals surface area (Å²) in [6.07, 6.45) is 8.25. The molecule has 0 aliphatic carbocycles. The van der Waals surface area contributed by atoms with Crippen LogP contribution in [0.4, 0.5) is 5.69 Å². The van der Waals surface area contributed by atoms with E-state index < -0.39 is 6.10 Å². The van der Waals surface area contributed by atoms with Crippen molar-refractivity contribution >= 4 is 17.2 Å². The van der Waals surface area contributed by atoms with Gasteiger partial charge >= 0.3 is 0 Å². The zero-order chi connectivity index (χ0) is 42.6. The number of H-pyrrole nitrogens is 1. The van der Waals surface area contributed by atoms with Gasteiger partial charge in [0.05, 0.1) is 7.11 Å². The highest BCUT2D eigenvalue weighted by atomic mass is 16.5. The number of rotatable bonds is 22. The predicted molar refractivity (Wildman–Crippen MR) is 235 cm³/mol. The number of amides is 1. The Hall–Kier alpha value is -6.76. The van der Waals surface area contributed by atoms with Crippen LogP contribution >= 0.6 is 0 Å². The molecule has 4 aromatic carbocycles. The van der Waals surface area contributed by atoms with E-state index >= 15 is 0 Å². The van der Waals surface area contributed by atoms with Gasteiger partial charge < -0.3 is 29.0 Å². The first kappa shape index (κ1) is 42.4. The molecule has 2 atom stereocenters. The predicted octanol–water partition coefficient (Wildman–Crippen LogP) is 9.61. The number of hydrogen-bond donors (Lipinski definition) is 2. The van der Waals surface area contributed by atoms with Gasteiger partial charge in [0.15, 0.2) is 11.8 Å². The molecule has 13 nitrogen and oxygen atoms in total. The van der Waals surface area contributed by atoms with Crippen molar-refractivity contribution < 1.29 is 28.5 Å². The van der Waals surface area contributed by atoms with Crippen LogP contribution in [0.1, 0.15) is 79.9 Å². The summed E-state index contributed by atoms with van der Waals surface area (Å²) in [5, 5.41) is 15.8. The van der Waals surface area contributed by atoms with E-state index in [1.807, 2.05) is 104 Å². The Morgan fingerprint density at radius 2 is 1.62 bits per heavy atom. The first-order valence-electron chi connectivity index (χ1n) is 21.0. The molecular weight excluding hydrogens is 771 g/mol. The zero-order valence-electron chi connectivity index (χ0n) is 35.6. The molecule has 0 spiro atoms. The van der Waals surface area contributed by atoms with Crippen LogP contribution in [-0.2, 0) is 17.8 Å². The lowest BCUT2D eigenvalue weighted by Gasteiger charge is -2.21. The second kappa shape index (κ2) is 20.5. The zero-order valence-corrected chi connectivity index (χ0v) is 35.6. The van der Waals surface area contributed by atoms with Crippen LogP contribution in [0.25, 0.3) is 11.3 Å². The van der Waals surface area contributed by atoms with Crippen LogP contribution in [0.15, 0.2) is 109 Å². The maximum atomic E-state index is 14.0. The maximum absolute atomic E-state index is 14.0. The molecule has 0 aliphatic heterocycles. The van der Waals surface area contributed by atoms with Gasteiger partial charge in [-0.1, -0.05) is 75.1 Å². The summed E-state index contributed by atoms with van der Waals surface area (Å²) in [6.45, 7) is 9.28. The number of unbranched alkanes of at least 4 members (excludes halogenated alkanes) is 3. The number of carbonyl (C=O) groups is 1. The Balaban J connectivity index is 1.12. The van der Waals surface area contributed by atoms with E-state index in [2.05, 4.69) is 42.4 Å². The highest BCUT2D eigenvalue weighted by Gasteiger charge is 2.25. The fourth-order valence-corrected chi connectivity index (χ4v) is 7.14. The molecule has 1 amide bonds. The largest absolute Gasteiger partial charge is 0.497 e. The standard InChI is InChI=1S/C48H55N7O6/c1-6-7-8-12-16-43(61-42-24-17-33(2)29-34(42)3)47(56)50-38-19-18-36(32-60-41-22-20-39(57-5)21-23-41)37(31-38)30-35(4)45-51-46-44(54-26-13-25-49-54)48(53-55(46)52-45)59-28-27-58-40-14-10-9-11-15-40/h9-11,13-15,17-26,29,31,35,43H,6-8,12,16,27-28,30,32H2,1-5H3,(H,50,56)(H,51,52). The van der Waals surface area contributed by atoms with Crippen molar-refractivity contribution in [3.63, 3.8) is 0 Å². The lowest BCUT2D eigenvalue weighted by molar-refractivity contribution is -0.123. The number of nitrogens with zero attached hydrogens (tertiary/aromatic N) is 5. The number of hydrogen-bond acceptors (Lipinski definition) is 9. The molecule has 3 heterocycles. The Kier molecular flexibility index (Phi) is 14.2. The second-order valence-electron chi connectivity index (χ2n) is 15.2. The molecule has 7 aromatic rings. The number of ether oxygens (including phenoxy) is 5. The lowest BCUT2D eigenvalue weighted by Crippen LogP contribution is -2.33. The van der Waals surface area contributed by atoms with E-state index in [9.17, 15) is 4.79 Å². The minimum absolute atomic E-state index is 0.0966. The molecule has 0 aliphatic rings. The Morgan fingerprint density at radius 1 is 0.836 bits per heavy atom. The van der Waals surface area contributed by atoms with Gasteiger partial charge in [0.25, 0.3) is 11.8 Å². The average Bonchev–Trinajstić information content (AvgIpc) is 4.02. The topological polar surface area (TPSA) is 139 Å². The Bertz CT molecular complexity index is 2460. The number of para-hydroxylation sites is 1. The summed E-state index contributed by atoms with van der Waals surface area (Å²) < 4.78 is 33.3. The van der Waals surface area contributed by atoms with Gasteiger partial charge in [0.2, 0.25) is 5.65 Å². The fourth-order valence-electron chi connectivity index (χ4n) is 7.14. The first-order valence-corrected chi connectivity index (χ1v) is 21.0. The summed E-state index contributed by atoms with van der Waals surface area (Å²) in [7, 11) is 1.64. The van der Waals surface area contributed by atoms with E-state index in [1.165, 1.54) is 0 Å². The molecule has 2 unspecified atom stereocenters. The van der Waals surface area contributed by atoms with Gasteiger partial charge in [-0.2, -0.15) is 5.10 Å². The van der Waals surface area contributed by atoms with Crippen LogP contribution in [0, 0.1) is 13.8 Å². The Labute approximate surface area is 357 Å². The van der Waals surface area contributed by atoms with Gasteiger partial charge in [-0.15, -0.1) is 9.73 Å². The van der Waals surface area contributed by atoms with Gasteiger partial charge in [0, 0.05) is 24.0 Å². The van der Waals surface area contributed by atoms with Crippen molar-refractivity contribution in [3.8, 4) is 34.6 Å². The molecular formula is C48H55N7O6. The van der Waals surface area contributed by atoms with E-state index in [1.54, 1.807) is 22.6 Å². The quantitative estimate of drug-likeness (QED) is 0.0640. The van der Waals surface area contributed by atoms with Crippen LogP contribution in [0.2, 0.25) is 0 Å². The van der Waals surface area contributed by atoms with Gasteiger partial charge in [-0.25, -0.2) is 9.67 Å². The third-order valence-corrected chi connectivity index (χ3v) is 10.5. The van der Waals surface area contributed by atoms with Crippen molar-refractivity contribution in [3.05, 3.63) is 138 Å². The van der Waals surface area contributed by atoms with Crippen LogP contribution in [0.3, 0.4) is 0 Å². The number of aromatic nitrogens is 6. The minimum atomic E-state index is -0.646. The van der Waals surface area contributed by atoms with Crippen molar-refractivity contribution in [2.75, 3.05) is 25.6 Å². The third kappa shape index (κ3) is 11.1. The van der Waals surface area contributed by atoms with Crippen molar-refractivity contribution in [1.29, 1.82) is 0 Å². The van der Waals surface area contributed by atoms with E-state index in [4.69, 9.17) is 33.8 Å². The van der Waals surface area contributed by atoms with Gasteiger partial charge in [-0.3, -0.25) is 9.89 Å². The fraction of sp³-hybridized carbons (Fsp3) is 0.333. The number of aryl methyl sites for hydroxylation is 2. The first-order chi connectivity index (χ1) is 29.8. The van der Waals surface area contributed by atoms with E-state index in [0.717, 1.165) is 76.8 Å². The summed E-state index contributed by atoms with van der Waals surface area (Å²) in [5.74, 6) is 3.78. The molecule has 13 heteroatoms. The summed E-state index contributed by atoms with van der Waals surface area (Å²) >= 11 is 0. The molecule has 318 valence electrons. The van der Waals surface area contributed by atoms with Gasteiger partial charge in [-0.05, 0) is 110 Å². The molecule has 2 N–H and O–H groups in total. The molecule has 7 rings (SSSR count). The minimum Gasteiger partial charge on any atom is -0.497 e. The highest BCUT2D eigenvalue weighted by molar-refractivity contribution is 5.94. The number of benzene rings is 4. The number of nitrogens with one attached hydrogen (secondary N) is 2. The highest BCUT2D eigenvalue weighted by Crippen LogP contribution is 2.30. The molecule has 3 aromatic heterocycles.